The number of hydrogen-bond acceptors (Lipinski definition) is 5. The van der Waals surface area contributed by atoms with Gasteiger partial charge in [0, 0.05) is 104 Å². The van der Waals surface area contributed by atoms with Crippen molar-refractivity contribution < 1.29 is 0 Å². The lowest BCUT2D eigenvalue weighted by molar-refractivity contribution is 0.703. The van der Waals surface area contributed by atoms with Crippen molar-refractivity contribution in [3.8, 4) is 96.0 Å². The molecular formula is C131H87N11. The van der Waals surface area contributed by atoms with Crippen molar-refractivity contribution in [1.29, 1.82) is 0 Å². The molecule has 20 aromatic carbocycles. The first kappa shape index (κ1) is 82.5. The number of para-hydroxylation sites is 9. The molecule has 0 bridgehead atoms. The highest BCUT2D eigenvalue weighted by Crippen LogP contribution is 2.45. The summed E-state index contributed by atoms with van der Waals surface area (Å²) in [6.07, 6.45) is 8.64. The quantitative estimate of drug-likeness (QED) is 0.122. The summed E-state index contributed by atoms with van der Waals surface area (Å²) in [6.45, 7) is 0. The molecule has 7 aromatic heterocycles. The lowest BCUT2D eigenvalue weighted by Gasteiger charge is -2.28. The summed E-state index contributed by atoms with van der Waals surface area (Å²) in [5, 5.41) is 14.7. The van der Waals surface area contributed by atoms with E-state index in [2.05, 4.69) is 482 Å². The third-order valence-electron chi connectivity index (χ3n) is 28.4. The summed E-state index contributed by atoms with van der Waals surface area (Å²) in [7, 11) is 0. The molecule has 2 aliphatic rings. The van der Waals surface area contributed by atoms with Gasteiger partial charge in [0.2, 0.25) is 11.9 Å². The highest BCUT2D eigenvalue weighted by atomic mass is 15.2. The van der Waals surface area contributed by atoms with E-state index in [4.69, 9.17) is 24.9 Å². The van der Waals surface area contributed by atoms with E-state index in [9.17, 15) is 0 Å². The molecular weight excluding hydrogens is 1730 g/mol. The maximum absolute atomic E-state index is 5.31. The van der Waals surface area contributed by atoms with Crippen molar-refractivity contribution in [2.45, 2.75) is 6.04 Å². The Morgan fingerprint density at radius 2 is 0.423 bits per heavy atom. The lowest BCUT2D eigenvalue weighted by Crippen LogP contribution is -2.33. The average molecular weight is 1820 g/mol. The normalized spacial score (nSPS) is 13.5. The first-order valence-electron chi connectivity index (χ1n) is 48.4. The van der Waals surface area contributed by atoms with Crippen LogP contribution in [0.4, 0.5) is 0 Å². The minimum absolute atomic E-state index is 0.0112. The maximum Gasteiger partial charge on any atom is 0.238 e. The van der Waals surface area contributed by atoms with Crippen LogP contribution in [0.15, 0.2) is 526 Å². The standard InChI is InChI=1S/C50H34N4.C45H29N5.C36H24N2/c1-3-14-33(15-4-1)35-18-13-19-38(30-35)53-45-24-11-8-20-39(45)42-31-36(26-28-47(42)53)37-27-29-48-43(32-37)40-21-9-12-25-46(40)54(48)50-51-44-23-10-7-22-41(44)49(52-50)34-16-5-2-6-17-34;1-4-14-30(15-5-1)43-46-44(31-16-6-2-7-17-31)48-45(47-43)50-40-23-13-11-21-36(40)38-29-33(25-27-42(38)50)32-24-26-41-37(28-32)35-20-10-12-22-39(35)49(41)34-18-8-3-9-19-34;1-3-11-27(12-4-1)37-33-17-9-7-15-29(33)31-23-25(19-21-35(31)37)26-20-22-36-32(24-26)30-16-8-10-18-34(30)38(36)28-13-5-2-6-14-28/h1-32,41,44H;1-29H;1-24H. The van der Waals surface area contributed by atoms with Crippen LogP contribution in [0, 0.1) is 5.92 Å². The van der Waals surface area contributed by atoms with E-state index in [1.54, 1.807) is 0 Å². The largest absolute Gasteiger partial charge is 0.309 e. The molecule has 11 nitrogen and oxygen atoms in total. The number of allylic oxidation sites excluding steroid dienone is 2. The summed E-state index contributed by atoms with van der Waals surface area (Å²) in [4.78, 5) is 25.7. The molecule has 2 unspecified atom stereocenters. The molecule has 29 rings (SSSR count). The SMILES string of the molecule is C1=CC2N=C(n3c4ccccc4c4cc(-c5ccc6c(c5)c5ccccc5n6-c5cccc(-c6ccccc6)c5)ccc43)N=C(c3ccccc3)C2C=C1.c1ccc(-c2nc(-c3ccccc3)nc(-n3c4ccccc4c4cc(-c5ccc6c(c5)c5ccccc5n6-c5ccccc5)ccc43)n2)cc1.c1ccc(-n2c3ccccc3c3cc(-c4ccc5c(c4)c4ccccc4n5-c4ccccc4)ccc32)cc1. The van der Waals surface area contributed by atoms with Gasteiger partial charge < -0.3 is 18.3 Å². The highest BCUT2D eigenvalue weighted by molar-refractivity contribution is 6.21. The van der Waals surface area contributed by atoms with Gasteiger partial charge in [-0.05, 0) is 208 Å². The predicted octanol–water partition coefficient (Wildman–Crippen LogP) is 32.7. The predicted molar refractivity (Wildman–Crippen MR) is 591 cm³/mol. The van der Waals surface area contributed by atoms with Crippen molar-refractivity contribution in [3.05, 3.63) is 521 Å². The van der Waals surface area contributed by atoms with E-state index in [-0.39, 0.29) is 12.0 Å². The van der Waals surface area contributed by atoms with Crippen molar-refractivity contribution in [1.82, 2.24) is 42.4 Å². The molecule has 0 saturated carbocycles. The molecule has 0 spiro atoms. The minimum Gasteiger partial charge on any atom is -0.309 e. The van der Waals surface area contributed by atoms with Gasteiger partial charge in [-0.1, -0.05) is 358 Å². The molecule has 0 saturated heterocycles. The zero-order valence-electron chi connectivity index (χ0n) is 77.1. The summed E-state index contributed by atoms with van der Waals surface area (Å²) in [5.41, 5.74) is 32.3. The van der Waals surface area contributed by atoms with Crippen LogP contribution < -0.4 is 0 Å². The van der Waals surface area contributed by atoms with Crippen molar-refractivity contribution in [2.75, 3.05) is 0 Å². The van der Waals surface area contributed by atoms with Gasteiger partial charge in [-0.2, -0.15) is 9.97 Å². The Kier molecular flexibility index (Phi) is 20.1. The van der Waals surface area contributed by atoms with Crippen LogP contribution in [0.2, 0.25) is 0 Å². The molecule has 8 heterocycles. The number of rotatable bonds is 12. The van der Waals surface area contributed by atoms with E-state index < -0.39 is 0 Å². The second kappa shape index (κ2) is 34.7. The van der Waals surface area contributed by atoms with Crippen molar-refractivity contribution >= 4 is 143 Å². The van der Waals surface area contributed by atoms with Crippen LogP contribution in [0.3, 0.4) is 0 Å². The van der Waals surface area contributed by atoms with Crippen LogP contribution in [0.1, 0.15) is 5.56 Å². The lowest BCUT2D eigenvalue weighted by atomic mass is 9.86. The fourth-order valence-corrected chi connectivity index (χ4v) is 21.8. The van der Waals surface area contributed by atoms with Crippen molar-refractivity contribution in [3.63, 3.8) is 0 Å². The number of aliphatic imine (C=N–C) groups is 2. The number of hydrogen-bond donors (Lipinski definition) is 0. The van der Waals surface area contributed by atoms with Crippen LogP contribution in [-0.4, -0.2) is 60.1 Å². The zero-order chi connectivity index (χ0) is 93.7. The second-order valence-corrected chi connectivity index (χ2v) is 36.5. The fourth-order valence-electron chi connectivity index (χ4n) is 21.8. The van der Waals surface area contributed by atoms with Gasteiger partial charge in [-0.3, -0.25) is 9.13 Å². The molecule has 0 fully saturated rings. The van der Waals surface area contributed by atoms with E-state index in [0.29, 0.717) is 17.6 Å². The van der Waals surface area contributed by atoms with Crippen LogP contribution >= 0.6 is 0 Å². The summed E-state index contributed by atoms with van der Waals surface area (Å²) in [6, 6.07) is 175. The topological polar surface area (TPSA) is 93.0 Å². The Labute approximate surface area is 818 Å². The van der Waals surface area contributed by atoms with E-state index in [1.165, 1.54) is 148 Å². The molecule has 142 heavy (non-hydrogen) atoms. The maximum atomic E-state index is 5.31. The molecule has 11 heteroatoms. The van der Waals surface area contributed by atoms with E-state index in [0.717, 1.165) is 78.1 Å². The van der Waals surface area contributed by atoms with Gasteiger partial charge in [0.1, 0.15) is 0 Å². The van der Waals surface area contributed by atoms with E-state index in [1.807, 2.05) is 60.7 Å². The van der Waals surface area contributed by atoms with Crippen LogP contribution in [0.25, 0.3) is 227 Å². The van der Waals surface area contributed by atoms with Gasteiger partial charge >= 0.3 is 0 Å². The molecule has 0 radical (unpaired) electrons. The Balaban J connectivity index is 0.000000108. The van der Waals surface area contributed by atoms with Gasteiger partial charge in [0.25, 0.3) is 0 Å². The average Bonchev–Trinajstić information content (AvgIpc) is 1.58. The van der Waals surface area contributed by atoms with Crippen molar-refractivity contribution in [2.24, 2.45) is 15.9 Å². The Morgan fingerprint density at radius 1 is 0.169 bits per heavy atom. The molecule has 1 aliphatic heterocycles. The Bertz CT molecular complexity index is 9570. The smallest absolute Gasteiger partial charge is 0.238 e. The molecule has 666 valence electrons. The van der Waals surface area contributed by atoms with Gasteiger partial charge in [-0.25, -0.2) is 15.0 Å². The molecule has 0 amide bonds. The Hall–Kier alpha value is -19.0. The molecule has 2 atom stereocenters. The van der Waals surface area contributed by atoms with Gasteiger partial charge in [-0.15, -0.1) is 0 Å². The summed E-state index contributed by atoms with van der Waals surface area (Å²) < 4.78 is 13.9. The number of benzene rings is 20. The minimum atomic E-state index is -0.0112. The second-order valence-electron chi connectivity index (χ2n) is 36.5. The number of fused-ring (bicyclic) bond motifs is 19. The van der Waals surface area contributed by atoms with E-state index >= 15 is 0 Å². The zero-order valence-corrected chi connectivity index (χ0v) is 77.1. The summed E-state index contributed by atoms with van der Waals surface area (Å²) >= 11 is 0. The van der Waals surface area contributed by atoms with Crippen LogP contribution in [-0.2, 0) is 0 Å². The van der Waals surface area contributed by atoms with Gasteiger partial charge in [0.15, 0.2) is 11.6 Å². The first-order valence-corrected chi connectivity index (χ1v) is 48.4. The first-order chi connectivity index (χ1) is 70.4. The molecule has 1 aliphatic carbocycles. The fraction of sp³-hybridized carbons (Fsp3) is 0.0153. The molecule has 0 N–H and O–H groups in total. The third kappa shape index (κ3) is 14.2. The summed E-state index contributed by atoms with van der Waals surface area (Å²) in [5.74, 6) is 2.70. The third-order valence-corrected chi connectivity index (χ3v) is 28.4. The number of aromatic nitrogens is 9. The molecule has 27 aromatic rings. The monoisotopic (exact) mass is 1810 g/mol. The number of nitrogens with zero attached hydrogens (tertiary/aromatic N) is 11. The van der Waals surface area contributed by atoms with Crippen LogP contribution in [0.5, 0.6) is 0 Å². The highest BCUT2D eigenvalue weighted by Gasteiger charge is 2.32. The van der Waals surface area contributed by atoms with Gasteiger partial charge in [0.05, 0.1) is 78.0 Å². The Morgan fingerprint density at radius 3 is 0.782 bits per heavy atom.